The number of aromatic hydroxyl groups is 2. The van der Waals surface area contributed by atoms with E-state index in [9.17, 15) is 10.2 Å². The molecule has 0 aliphatic rings. The summed E-state index contributed by atoms with van der Waals surface area (Å²) in [7, 11) is 0. The Bertz CT molecular complexity index is 958. The van der Waals surface area contributed by atoms with Crippen molar-refractivity contribution < 1.29 is 27.3 Å². The molecule has 0 heterocycles. The van der Waals surface area contributed by atoms with Gasteiger partial charge in [-0.25, -0.2) is 0 Å². The van der Waals surface area contributed by atoms with E-state index in [4.69, 9.17) is 11.6 Å². The van der Waals surface area contributed by atoms with Crippen LogP contribution in [0.3, 0.4) is 0 Å². The molecule has 3 aromatic carbocycles. The van der Waals surface area contributed by atoms with Crippen LogP contribution in [0, 0.1) is 0 Å². The van der Waals surface area contributed by atoms with Gasteiger partial charge in [0.15, 0.2) is 0 Å². The van der Waals surface area contributed by atoms with Crippen LogP contribution in [0.15, 0.2) is 76.7 Å². The van der Waals surface area contributed by atoms with Crippen LogP contribution in [0.5, 0.6) is 11.5 Å². The molecule has 0 spiro atoms. The summed E-state index contributed by atoms with van der Waals surface area (Å²) in [5.41, 5.74) is 2.22. The zero-order chi connectivity index (χ0) is 17.6. The maximum Gasteiger partial charge on any atom is 3.00 e. The van der Waals surface area contributed by atoms with Crippen molar-refractivity contribution in [3.05, 3.63) is 82.9 Å². The van der Waals surface area contributed by atoms with Crippen molar-refractivity contribution >= 4 is 35.4 Å². The first-order chi connectivity index (χ1) is 12.1. The van der Waals surface area contributed by atoms with Gasteiger partial charge in [-0.2, -0.15) is 0 Å². The van der Waals surface area contributed by atoms with Gasteiger partial charge in [0.25, 0.3) is 0 Å². The number of aliphatic imine (C=N–C) groups is 2. The van der Waals surface area contributed by atoms with Crippen molar-refractivity contribution in [1.29, 1.82) is 0 Å². The van der Waals surface area contributed by atoms with E-state index in [0.29, 0.717) is 27.5 Å². The van der Waals surface area contributed by atoms with Gasteiger partial charge in [0.2, 0.25) is 0 Å². The number of phenols is 2. The van der Waals surface area contributed by atoms with E-state index in [1.165, 1.54) is 6.21 Å². The standard InChI is InChI=1S/C20H15ClN2O2.Fe/c21-16-8-5-9-17(22-12-14-6-1-3-10-18(14)24)20(16)23-13-15-7-2-4-11-19(15)25;/h1-13,24-25H;/q;+3. The van der Waals surface area contributed by atoms with E-state index in [0.717, 1.165) is 0 Å². The van der Waals surface area contributed by atoms with Crippen molar-refractivity contribution in [2.75, 3.05) is 0 Å². The zero-order valence-corrected chi connectivity index (χ0v) is 15.4. The van der Waals surface area contributed by atoms with Gasteiger partial charge in [-0.05, 0) is 36.4 Å². The SMILES string of the molecule is Oc1ccccc1C=Nc1cccc(Cl)c1N=Cc1ccccc1O.[Fe+3]. The number of hydrogen-bond donors (Lipinski definition) is 2. The third-order valence-electron chi connectivity index (χ3n) is 3.51. The Balaban J connectivity index is 0.00000243. The molecule has 0 bridgehead atoms. The Morgan fingerprint density at radius 1 is 0.692 bits per heavy atom. The van der Waals surface area contributed by atoms with Crippen LogP contribution in [0.4, 0.5) is 11.4 Å². The molecule has 129 valence electrons. The van der Waals surface area contributed by atoms with Crippen molar-refractivity contribution in [2.45, 2.75) is 0 Å². The Kier molecular flexibility index (Phi) is 6.98. The quantitative estimate of drug-likeness (QED) is 0.459. The van der Waals surface area contributed by atoms with Crippen molar-refractivity contribution in [3.8, 4) is 11.5 Å². The van der Waals surface area contributed by atoms with Crippen molar-refractivity contribution in [1.82, 2.24) is 0 Å². The Hall–Kier alpha value is -2.59. The summed E-state index contributed by atoms with van der Waals surface area (Å²) in [5, 5.41) is 20.1. The van der Waals surface area contributed by atoms with Gasteiger partial charge in [0.05, 0.1) is 10.7 Å². The molecule has 0 aromatic heterocycles. The minimum Gasteiger partial charge on any atom is -0.507 e. The molecule has 1 radical (unpaired) electrons. The van der Waals surface area contributed by atoms with E-state index in [2.05, 4.69) is 9.98 Å². The summed E-state index contributed by atoms with van der Waals surface area (Å²) in [6.07, 6.45) is 3.09. The van der Waals surface area contributed by atoms with E-state index in [1.54, 1.807) is 60.8 Å². The molecular formula is C20H15ClFeN2O2+3. The third-order valence-corrected chi connectivity index (χ3v) is 3.82. The summed E-state index contributed by atoms with van der Waals surface area (Å²) in [5.74, 6) is 0.282. The molecule has 0 aliphatic carbocycles. The van der Waals surface area contributed by atoms with Crippen LogP contribution in [0.2, 0.25) is 5.02 Å². The Morgan fingerprint density at radius 3 is 1.81 bits per heavy atom. The fraction of sp³-hybridized carbons (Fsp3) is 0. The van der Waals surface area contributed by atoms with Crippen LogP contribution in [0.25, 0.3) is 0 Å². The summed E-state index contributed by atoms with van der Waals surface area (Å²) in [6, 6.07) is 19.1. The first kappa shape index (κ1) is 19.7. The molecular weight excluding hydrogens is 392 g/mol. The predicted molar refractivity (Wildman–Crippen MR) is 102 cm³/mol. The molecule has 3 rings (SSSR count). The fourth-order valence-corrected chi connectivity index (χ4v) is 2.42. The molecule has 3 aromatic rings. The van der Waals surface area contributed by atoms with E-state index in [1.807, 2.05) is 12.1 Å². The van der Waals surface area contributed by atoms with E-state index >= 15 is 0 Å². The Morgan fingerprint density at radius 2 is 1.23 bits per heavy atom. The molecule has 0 fully saturated rings. The van der Waals surface area contributed by atoms with E-state index < -0.39 is 0 Å². The largest absolute Gasteiger partial charge is 3.00 e. The van der Waals surface area contributed by atoms with E-state index in [-0.39, 0.29) is 28.6 Å². The summed E-state index contributed by atoms with van der Waals surface area (Å²) < 4.78 is 0. The minimum absolute atomic E-state index is 0. The number of rotatable bonds is 4. The van der Waals surface area contributed by atoms with Crippen LogP contribution in [-0.4, -0.2) is 22.6 Å². The monoisotopic (exact) mass is 406 g/mol. The number of halogens is 1. The number of phenolic OH excluding ortho intramolecular Hbond substituents is 2. The smallest absolute Gasteiger partial charge is 0.507 e. The molecule has 0 amide bonds. The molecule has 0 saturated carbocycles. The summed E-state index contributed by atoms with van der Waals surface area (Å²) >= 11 is 6.25. The molecule has 4 nitrogen and oxygen atoms in total. The van der Waals surface area contributed by atoms with Crippen LogP contribution in [-0.2, 0) is 17.1 Å². The van der Waals surface area contributed by atoms with Gasteiger partial charge >= 0.3 is 17.1 Å². The minimum atomic E-state index is 0. The third kappa shape index (κ3) is 4.73. The second-order valence-corrected chi connectivity index (χ2v) is 5.65. The van der Waals surface area contributed by atoms with Gasteiger partial charge in [0.1, 0.15) is 17.2 Å². The number of benzene rings is 3. The summed E-state index contributed by atoms with van der Waals surface area (Å²) in [4.78, 5) is 8.77. The van der Waals surface area contributed by atoms with Crippen molar-refractivity contribution in [3.63, 3.8) is 0 Å². The average Bonchev–Trinajstić information content (AvgIpc) is 2.61. The topological polar surface area (TPSA) is 65.2 Å². The average molecular weight is 407 g/mol. The molecule has 26 heavy (non-hydrogen) atoms. The van der Waals surface area contributed by atoms with Crippen molar-refractivity contribution in [2.24, 2.45) is 9.98 Å². The second-order valence-electron chi connectivity index (χ2n) is 5.24. The van der Waals surface area contributed by atoms with Gasteiger partial charge in [0, 0.05) is 23.6 Å². The maximum atomic E-state index is 9.83. The first-order valence-electron chi connectivity index (χ1n) is 7.58. The molecule has 0 saturated heterocycles. The Labute approximate surface area is 167 Å². The first-order valence-corrected chi connectivity index (χ1v) is 7.95. The number of nitrogens with zero attached hydrogens (tertiary/aromatic N) is 2. The molecule has 0 atom stereocenters. The normalized spacial score (nSPS) is 11.0. The van der Waals surface area contributed by atoms with Crippen LogP contribution < -0.4 is 0 Å². The number of hydrogen-bond acceptors (Lipinski definition) is 4. The molecule has 0 aliphatic heterocycles. The van der Waals surface area contributed by atoms with Gasteiger partial charge in [-0.15, -0.1) is 0 Å². The molecule has 2 N–H and O–H groups in total. The second kappa shape index (κ2) is 9.20. The number of para-hydroxylation sites is 3. The fourth-order valence-electron chi connectivity index (χ4n) is 2.20. The van der Waals surface area contributed by atoms with Gasteiger partial charge < -0.3 is 10.2 Å². The maximum absolute atomic E-state index is 9.83. The predicted octanol–water partition coefficient (Wildman–Crippen LogP) is 5.25. The summed E-state index contributed by atoms with van der Waals surface area (Å²) in [6.45, 7) is 0. The van der Waals surface area contributed by atoms with Crippen LogP contribution >= 0.6 is 11.6 Å². The zero-order valence-electron chi connectivity index (χ0n) is 13.5. The van der Waals surface area contributed by atoms with Crippen LogP contribution in [0.1, 0.15) is 11.1 Å². The van der Waals surface area contributed by atoms with Gasteiger partial charge in [-0.3, -0.25) is 9.98 Å². The molecule has 0 unspecified atom stereocenters. The van der Waals surface area contributed by atoms with Gasteiger partial charge in [-0.1, -0.05) is 41.9 Å². The molecule has 6 heteroatoms.